The SMILES string of the molecule is C[C@@H](Nc1ncnc2c1cnn2C)c1cccc2ccccc12. The van der Waals surface area contributed by atoms with Gasteiger partial charge in [0.1, 0.15) is 12.1 Å². The minimum atomic E-state index is 0.124. The molecule has 0 radical (unpaired) electrons. The minimum Gasteiger partial charge on any atom is -0.363 e. The van der Waals surface area contributed by atoms with Gasteiger partial charge in [0.05, 0.1) is 17.6 Å². The third kappa shape index (κ3) is 2.30. The Hall–Kier alpha value is -2.95. The first kappa shape index (κ1) is 13.7. The van der Waals surface area contributed by atoms with E-state index in [2.05, 4.69) is 69.8 Å². The van der Waals surface area contributed by atoms with Gasteiger partial charge in [-0.25, -0.2) is 9.97 Å². The van der Waals surface area contributed by atoms with E-state index >= 15 is 0 Å². The Balaban J connectivity index is 1.75. The monoisotopic (exact) mass is 303 g/mol. The van der Waals surface area contributed by atoms with Crippen LogP contribution in [0.4, 0.5) is 5.82 Å². The van der Waals surface area contributed by atoms with E-state index in [1.807, 2.05) is 7.05 Å². The first-order chi connectivity index (χ1) is 11.2. The second-order valence-corrected chi connectivity index (χ2v) is 5.66. The van der Waals surface area contributed by atoms with Crippen LogP contribution in [0.15, 0.2) is 55.0 Å². The quantitative estimate of drug-likeness (QED) is 0.627. The first-order valence-electron chi connectivity index (χ1n) is 7.61. The fraction of sp³-hybridized carbons (Fsp3) is 0.167. The van der Waals surface area contributed by atoms with E-state index in [-0.39, 0.29) is 6.04 Å². The number of benzene rings is 2. The smallest absolute Gasteiger partial charge is 0.163 e. The number of rotatable bonds is 3. The molecule has 23 heavy (non-hydrogen) atoms. The van der Waals surface area contributed by atoms with Crippen molar-refractivity contribution < 1.29 is 0 Å². The van der Waals surface area contributed by atoms with Gasteiger partial charge in [-0.05, 0) is 23.3 Å². The van der Waals surface area contributed by atoms with E-state index in [1.165, 1.54) is 16.3 Å². The van der Waals surface area contributed by atoms with Gasteiger partial charge in [0.15, 0.2) is 5.65 Å². The highest BCUT2D eigenvalue weighted by Gasteiger charge is 2.13. The maximum Gasteiger partial charge on any atom is 0.163 e. The lowest BCUT2D eigenvalue weighted by Crippen LogP contribution is -2.09. The van der Waals surface area contributed by atoms with E-state index in [4.69, 9.17) is 0 Å². The van der Waals surface area contributed by atoms with E-state index in [1.54, 1.807) is 17.2 Å². The maximum atomic E-state index is 4.39. The molecule has 0 aliphatic carbocycles. The Bertz CT molecular complexity index is 984. The molecule has 0 bridgehead atoms. The molecule has 5 nitrogen and oxygen atoms in total. The molecule has 4 aromatic rings. The van der Waals surface area contributed by atoms with Crippen molar-refractivity contribution in [2.75, 3.05) is 5.32 Å². The number of fused-ring (bicyclic) bond motifs is 2. The summed E-state index contributed by atoms with van der Waals surface area (Å²) in [7, 11) is 1.88. The number of hydrogen-bond acceptors (Lipinski definition) is 4. The van der Waals surface area contributed by atoms with E-state index in [0.717, 1.165) is 16.9 Å². The molecule has 0 saturated heterocycles. The van der Waals surface area contributed by atoms with Crippen molar-refractivity contribution in [3.05, 3.63) is 60.6 Å². The molecule has 2 aromatic heterocycles. The topological polar surface area (TPSA) is 55.6 Å². The fourth-order valence-electron chi connectivity index (χ4n) is 2.99. The fourth-order valence-corrected chi connectivity index (χ4v) is 2.99. The molecule has 2 aromatic carbocycles. The molecular formula is C18H17N5. The van der Waals surface area contributed by atoms with Gasteiger partial charge < -0.3 is 5.32 Å². The molecule has 1 atom stereocenters. The lowest BCUT2D eigenvalue weighted by molar-refractivity contribution is 0.785. The minimum absolute atomic E-state index is 0.124. The Morgan fingerprint density at radius 1 is 1.00 bits per heavy atom. The van der Waals surface area contributed by atoms with Crippen LogP contribution >= 0.6 is 0 Å². The summed E-state index contributed by atoms with van der Waals surface area (Å²) in [5, 5.41) is 11.2. The average Bonchev–Trinajstić information content (AvgIpc) is 2.97. The van der Waals surface area contributed by atoms with Crippen LogP contribution in [0.2, 0.25) is 0 Å². The normalized spacial score (nSPS) is 12.6. The van der Waals surface area contributed by atoms with E-state index < -0.39 is 0 Å². The summed E-state index contributed by atoms with van der Waals surface area (Å²) in [6.07, 6.45) is 3.37. The van der Waals surface area contributed by atoms with Crippen molar-refractivity contribution in [2.24, 2.45) is 7.05 Å². The van der Waals surface area contributed by atoms with E-state index in [9.17, 15) is 0 Å². The van der Waals surface area contributed by atoms with Gasteiger partial charge in [-0.15, -0.1) is 0 Å². The zero-order valence-corrected chi connectivity index (χ0v) is 13.1. The van der Waals surface area contributed by atoms with Crippen molar-refractivity contribution >= 4 is 27.6 Å². The summed E-state index contributed by atoms with van der Waals surface area (Å²) in [5.41, 5.74) is 2.08. The second-order valence-electron chi connectivity index (χ2n) is 5.66. The molecule has 0 aliphatic rings. The van der Waals surface area contributed by atoms with Crippen molar-refractivity contribution in [3.63, 3.8) is 0 Å². The molecule has 0 spiro atoms. The molecule has 0 aliphatic heterocycles. The largest absolute Gasteiger partial charge is 0.363 e. The van der Waals surface area contributed by atoms with Crippen LogP contribution in [0.3, 0.4) is 0 Å². The van der Waals surface area contributed by atoms with Crippen LogP contribution in [0.25, 0.3) is 21.8 Å². The van der Waals surface area contributed by atoms with Crippen molar-refractivity contribution in [1.82, 2.24) is 19.7 Å². The zero-order chi connectivity index (χ0) is 15.8. The third-order valence-electron chi connectivity index (χ3n) is 4.17. The molecule has 114 valence electrons. The molecule has 0 amide bonds. The molecule has 0 saturated carbocycles. The Kier molecular flexibility index (Phi) is 3.19. The van der Waals surface area contributed by atoms with Crippen LogP contribution < -0.4 is 5.32 Å². The number of hydrogen-bond donors (Lipinski definition) is 1. The summed E-state index contributed by atoms with van der Waals surface area (Å²) >= 11 is 0. The van der Waals surface area contributed by atoms with Gasteiger partial charge in [0, 0.05) is 7.05 Å². The van der Waals surface area contributed by atoms with Crippen LogP contribution in [0, 0.1) is 0 Å². The number of nitrogens with zero attached hydrogens (tertiary/aromatic N) is 4. The van der Waals surface area contributed by atoms with Crippen LogP contribution in [-0.4, -0.2) is 19.7 Å². The standard InChI is InChI=1S/C18H17N5/c1-12(14-9-5-7-13-6-3-4-8-15(13)14)22-17-16-10-21-23(2)18(16)20-11-19-17/h3-12H,1-2H3,(H,19,20,22)/t12-/m1/s1. The van der Waals surface area contributed by atoms with E-state index in [0.29, 0.717) is 0 Å². The number of aromatic nitrogens is 4. The van der Waals surface area contributed by atoms with Gasteiger partial charge in [-0.3, -0.25) is 4.68 Å². The number of anilines is 1. The lowest BCUT2D eigenvalue weighted by atomic mass is 10.00. The van der Waals surface area contributed by atoms with Gasteiger partial charge in [0.25, 0.3) is 0 Å². The third-order valence-corrected chi connectivity index (χ3v) is 4.17. The zero-order valence-electron chi connectivity index (χ0n) is 13.1. The van der Waals surface area contributed by atoms with Crippen LogP contribution in [-0.2, 0) is 7.05 Å². The Labute approximate surface area is 134 Å². The Morgan fingerprint density at radius 3 is 2.74 bits per heavy atom. The van der Waals surface area contributed by atoms with Gasteiger partial charge in [0.2, 0.25) is 0 Å². The molecule has 0 fully saturated rings. The number of nitrogens with one attached hydrogen (secondary N) is 1. The van der Waals surface area contributed by atoms with Gasteiger partial charge in [-0.2, -0.15) is 5.10 Å². The number of aryl methyl sites for hydroxylation is 1. The summed E-state index contributed by atoms with van der Waals surface area (Å²) in [4.78, 5) is 8.67. The lowest BCUT2D eigenvalue weighted by Gasteiger charge is -2.17. The summed E-state index contributed by atoms with van der Waals surface area (Å²) in [5.74, 6) is 0.809. The molecule has 1 N–H and O–H groups in total. The molecule has 4 rings (SSSR count). The highest BCUT2D eigenvalue weighted by atomic mass is 15.3. The highest BCUT2D eigenvalue weighted by Crippen LogP contribution is 2.28. The van der Waals surface area contributed by atoms with Gasteiger partial charge >= 0.3 is 0 Å². The summed E-state index contributed by atoms with van der Waals surface area (Å²) < 4.78 is 1.75. The first-order valence-corrected chi connectivity index (χ1v) is 7.61. The second kappa shape index (κ2) is 5.35. The predicted octanol–water partition coefficient (Wildman–Crippen LogP) is 3.69. The molecular weight excluding hydrogens is 286 g/mol. The average molecular weight is 303 g/mol. The molecule has 5 heteroatoms. The van der Waals surface area contributed by atoms with Crippen molar-refractivity contribution in [3.8, 4) is 0 Å². The molecule has 2 heterocycles. The van der Waals surface area contributed by atoms with Crippen LogP contribution in [0.5, 0.6) is 0 Å². The summed E-state index contributed by atoms with van der Waals surface area (Å²) in [6, 6.07) is 14.9. The highest BCUT2D eigenvalue weighted by molar-refractivity contribution is 5.88. The predicted molar refractivity (Wildman–Crippen MR) is 92.3 cm³/mol. The Morgan fingerprint density at radius 2 is 1.83 bits per heavy atom. The maximum absolute atomic E-state index is 4.39. The summed E-state index contributed by atoms with van der Waals surface area (Å²) in [6.45, 7) is 2.14. The van der Waals surface area contributed by atoms with Crippen molar-refractivity contribution in [1.29, 1.82) is 0 Å². The van der Waals surface area contributed by atoms with Gasteiger partial charge in [-0.1, -0.05) is 42.5 Å². The molecule has 0 unspecified atom stereocenters. The van der Waals surface area contributed by atoms with Crippen molar-refractivity contribution in [2.45, 2.75) is 13.0 Å². The van der Waals surface area contributed by atoms with Crippen LogP contribution in [0.1, 0.15) is 18.5 Å².